The highest BCUT2D eigenvalue weighted by molar-refractivity contribution is 7.78. The van der Waals surface area contributed by atoms with Crippen molar-refractivity contribution in [1.82, 2.24) is 74.3 Å². The minimum absolute atomic E-state index is 0.0138. The van der Waals surface area contributed by atoms with Crippen LogP contribution >= 0.6 is 36.0 Å². The van der Waals surface area contributed by atoms with E-state index in [4.69, 9.17) is 91.3 Å². The molecule has 1 saturated heterocycles. The second-order valence-electron chi connectivity index (χ2n) is 32.5. The molecular weight excluding hydrogens is 1870 g/mol. The summed E-state index contributed by atoms with van der Waals surface area (Å²) in [6.45, 7) is 6.46. The third kappa shape index (κ3) is 25.5. The molecule has 0 unspecified atom stereocenters. The van der Waals surface area contributed by atoms with Crippen molar-refractivity contribution < 1.29 is 118 Å². The number of nitrogens with one attached hydrogen (secondary N) is 2. The first kappa shape index (κ1) is 105. The quantitative estimate of drug-likeness (QED) is 0.0244. The smallest absolute Gasteiger partial charge is 0.326 e. The van der Waals surface area contributed by atoms with Crippen molar-refractivity contribution in [3.05, 3.63) is 183 Å². The number of aromatic nitrogens is 12. The molecular formula is C88H101Cl2N23O24S. The number of ether oxygens (including phenoxy) is 3. The fourth-order valence-electron chi connectivity index (χ4n) is 15.3. The number of methoxy groups -OCH3 is 1. The van der Waals surface area contributed by atoms with Crippen LogP contribution in [-0.4, -0.2) is 287 Å². The number of nitrogen functional groups attached to an aromatic ring is 4. The van der Waals surface area contributed by atoms with Crippen molar-refractivity contribution in [2.24, 2.45) is 5.73 Å². The lowest BCUT2D eigenvalue weighted by Crippen LogP contribution is -2.68. The Morgan fingerprint density at radius 2 is 1.14 bits per heavy atom. The van der Waals surface area contributed by atoms with Crippen LogP contribution < -0.4 is 58.7 Å². The number of thiol groups is 1. The standard InChI is InChI=1S/C28H31NO10.2C20H22N8O5.C13H18Cl2N2O2.C5H4N4S.C2H4O2/c1-27(36)8-10-6-11-16(21(32)15(10)14(9-27)37-5)22(33)17-13(30)7-12-24(18(17)20(11)31)38-26-23(34)19(29(3)4)25(35)28(12,2)39-26;2*1-28(9-11-8-23-17-15(24-11)16(21)26-20(22)27-17)12-4-2-10(3-5-12)18(31)25-13(19(32)33)6-7-14(29)30;14-5-7-17(8-6-15)11-3-1-10(2-4-11)9-12(16)13(18)19;10-9-3-8-4-1-6-2-7-5(4)9;1-2(3)4/h6-7,14,19,23,25-26,30,32,34-36H,8-9H2,1-5H3;2*2-5,8,13H,6-7,9H2,1H3,(H,25,31)(H,29,30)(H,32,33)(H4,21,22,23,26,27);1-4,12H,5-9,16H2,(H,18,19);1-3,10H;1H3,(H,3,4)/t14-,19+,23+,25-,26-,27-,28-;2*13-;12-;;/m1000../s1. The van der Waals surface area contributed by atoms with Gasteiger partial charge in [-0.25, -0.2) is 44.5 Å². The monoisotopic (exact) mass is 1970 g/mol. The van der Waals surface area contributed by atoms with Gasteiger partial charge in [0.25, 0.3) is 17.8 Å². The van der Waals surface area contributed by atoms with E-state index in [9.17, 15) is 78.9 Å². The first-order chi connectivity index (χ1) is 65.2. The molecule has 47 nitrogen and oxygen atoms in total. The Kier molecular flexibility index (Phi) is 34.9. The summed E-state index contributed by atoms with van der Waals surface area (Å²) in [7, 11) is 8.43. The van der Waals surface area contributed by atoms with Crippen molar-refractivity contribution in [2.45, 2.75) is 139 Å². The number of likely N-dealkylation sites (N-methyl/N-ethyl adjacent to an activating group) is 1. The van der Waals surface area contributed by atoms with E-state index in [0.717, 1.165) is 53.8 Å². The van der Waals surface area contributed by atoms with Crippen molar-refractivity contribution in [3.8, 4) is 17.2 Å². The number of hydrogen-bond acceptors (Lipinski definition) is 39. The van der Waals surface area contributed by atoms with Gasteiger partial charge in [-0.05, 0) is 131 Å². The third-order valence-electron chi connectivity index (χ3n) is 22.1. The summed E-state index contributed by atoms with van der Waals surface area (Å²) in [6.07, 6.45) is 2.66. The molecule has 732 valence electrons. The summed E-state index contributed by atoms with van der Waals surface area (Å²) >= 11 is 15.6. The van der Waals surface area contributed by atoms with E-state index in [1.165, 1.54) is 49.8 Å². The van der Waals surface area contributed by atoms with E-state index < -0.39 is 131 Å². The summed E-state index contributed by atoms with van der Waals surface area (Å²) in [5.74, 6) is -9.11. The average Bonchev–Trinajstić information content (AvgIpc) is 0.722. The number of carboxylic acid groups (broad SMARTS) is 6. The zero-order valence-corrected chi connectivity index (χ0v) is 77.7. The maximum absolute atomic E-state index is 14.1. The van der Waals surface area contributed by atoms with Crippen LogP contribution in [0.3, 0.4) is 0 Å². The molecule has 2 aliphatic carbocycles. The first-order valence-electron chi connectivity index (χ1n) is 41.9. The number of aromatic hydroxyl groups is 2. The zero-order chi connectivity index (χ0) is 101. The molecule has 8 heterocycles. The molecule has 0 radical (unpaired) electrons. The van der Waals surface area contributed by atoms with Crippen LogP contribution in [0.15, 0.2) is 116 Å². The van der Waals surface area contributed by atoms with E-state index in [0.29, 0.717) is 76.1 Å². The molecule has 15 rings (SSSR count). The van der Waals surface area contributed by atoms with Gasteiger partial charge in [-0.15, -0.1) is 23.2 Å². The largest absolute Gasteiger partial charge is 0.507 e. The highest BCUT2D eigenvalue weighted by atomic mass is 35.5. The molecule has 5 aromatic carbocycles. The van der Waals surface area contributed by atoms with Gasteiger partial charge in [-0.3, -0.25) is 42.3 Å². The van der Waals surface area contributed by atoms with Gasteiger partial charge >= 0.3 is 29.8 Å². The lowest BCUT2D eigenvalue weighted by molar-refractivity contribution is -0.311. The van der Waals surface area contributed by atoms with Crippen LogP contribution in [0.4, 0.5) is 40.6 Å². The number of phenolic OH excluding ortho intramolecular Hbond substituents is 2. The number of halogens is 2. The van der Waals surface area contributed by atoms with E-state index >= 15 is 0 Å². The highest BCUT2D eigenvalue weighted by Gasteiger charge is 2.59. The molecule has 138 heavy (non-hydrogen) atoms. The third-order valence-corrected chi connectivity index (χ3v) is 22.7. The van der Waals surface area contributed by atoms with Gasteiger partial charge < -0.3 is 129 Å². The second kappa shape index (κ2) is 45.7. The van der Waals surface area contributed by atoms with E-state index in [-0.39, 0.29) is 107 Å². The molecule has 4 aliphatic rings. The Balaban J connectivity index is 0.000000184. The second-order valence-corrected chi connectivity index (χ2v) is 33.7. The van der Waals surface area contributed by atoms with Crippen LogP contribution in [0.1, 0.15) is 145 Å². The minimum atomic E-state index is -1.50. The number of aliphatic carboxylic acids is 6. The summed E-state index contributed by atoms with van der Waals surface area (Å²) in [4.78, 5) is 168. The summed E-state index contributed by atoms with van der Waals surface area (Å²) in [5, 5.41) is 112. The molecule has 11 aromatic rings. The molecule has 23 N–H and O–H groups in total. The van der Waals surface area contributed by atoms with Gasteiger partial charge in [-0.1, -0.05) is 24.9 Å². The number of carboxylic acids is 6. The van der Waals surface area contributed by atoms with Crippen LogP contribution in [0.25, 0.3) is 33.5 Å². The number of nitrogens with zero attached hydrogens (tertiary/aromatic N) is 16. The van der Waals surface area contributed by atoms with E-state index in [1.54, 1.807) is 86.0 Å². The van der Waals surface area contributed by atoms with Gasteiger partial charge in [0.1, 0.15) is 71.4 Å². The number of aliphatic hydroxyl groups is 3. The highest BCUT2D eigenvalue weighted by Crippen LogP contribution is 2.55. The molecule has 6 aromatic heterocycles. The van der Waals surface area contributed by atoms with Crippen molar-refractivity contribution in [3.63, 3.8) is 0 Å². The number of amides is 2. The fraction of sp³-hybridized carbons (Fsp3) is 0.352. The number of aliphatic hydroxyl groups excluding tert-OH is 2. The first-order valence-corrected chi connectivity index (χ1v) is 43.3. The SMILES string of the molecule is CC(=O)O.CN(Cc1cnc2nc(N)nc(N)c2n1)c1ccc(C(=O)N[C@@H](CCC(=O)O)C(=O)O)cc1.CN(Cc1cnc2nc(N)nc(N)c2n1)c1ccc(C(=O)N[C@@H](CCC(=O)O)C(=O)O)cc1.CO[C@@H]1C[C@](C)(O)Cc2cc3c(c(O)c21)C(=O)c1c(O)cc2c(c1C3=O)O[C@@H]1O[C@@]2(C)[C@H](O)[C@@H](N(C)C)[C@@H]1O.N[C@@H](Cc1ccc(N(CCCl)CCCl)cc1)C(=O)O.Sn1cnc2cncnc21. The molecule has 2 amide bonds. The number of carbonyl (C=O) groups is 10. The van der Waals surface area contributed by atoms with Crippen LogP contribution in [0.5, 0.6) is 17.2 Å². The predicted octanol–water partition coefficient (Wildman–Crippen LogP) is 3.95. The van der Waals surface area contributed by atoms with Crippen LogP contribution in [0.2, 0.25) is 0 Å². The molecule has 0 spiro atoms. The average molecular weight is 1970 g/mol. The number of ketones is 2. The van der Waals surface area contributed by atoms with E-state index in [2.05, 4.69) is 83.2 Å². The van der Waals surface area contributed by atoms with Gasteiger partial charge in [0, 0.05) is 124 Å². The zero-order valence-electron chi connectivity index (χ0n) is 75.3. The van der Waals surface area contributed by atoms with Gasteiger partial charge in [0.15, 0.2) is 45.4 Å². The Hall–Kier alpha value is -14.8. The lowest BCUT2D eigenvalue weighted by Gasteiger charge is -2.53. The van der Waals surface area contributed by atoms with Crippen LogP contribution in [0, 0.1) is 0 Å². The van der Waals surface area contributed by atoms with Gasteiger partial charge in [0.05, 0.1) is 77.5 Å². The molecule has 50 heteroatoms. The molecule has 2 aliphatic heterocycles. The lowest BCUT2D eigenvalue weighted by atomic mass is 9.72. The number of fused-ring (bicyclic) bond motifs is 11. The van der Waals surface area contributed by atoms with Crippen molar-refractivity contribution in [1.29, 1.82) is 0 Å². The Morgan fingerprint density at radius 1 is 0.652 bits per heavy atom. The molecule has 0 saturated carbocycles. The summed E-state index contributed by atoms with van der Waals surface area (Å²) in [6, 6.07) is 19.0. The van der Waals surface area contributed by atoms with Crippen molar-refractivity contribution >= 4 is 169 Å². The number of benzene rings is 5. The van der Waals surface area contributed by atoms with Crippen LogP contribution in [-0.2, 0) is 69.8 Å². The maximum Gasteiger partial charge on any atom is 0.326 e. The Bertz CT molecular complexity index is 6180. The fourth-order valence-corrected chi connectivity index (χ4v) is 15.9. The maximum atomic E-state index is 14.1. The minimum Gasteiger partial charge on any atom is -0.507 e. The van der Waals surface area contributed by atoms with Crippen molar-refractivity contribution in [2.75, 3.05) is 97.8 Å². The number of rotatable bonds is 28. The van der Waals surface area contributed by atoms with Gasteiger partial charge in [-0.2, -0.15) is 19.9 Å². The Morgan fingerprint density at radius 3 is 1.59 bits per heavy atom. The number of phenols is 2. The number of alkyl halides is 2. The molecule has 10 atom stereocenters. The predicted molar refractivity (Wildman–Crippen MR) is 503 cm³/mol. The van der Waals surface area contributed by atoms with E-state index in [1.807, 2.05) is 48.2 Å². The number of hydrogen-bond donors (Lipinski definition) is 19. The number of nitrogens with two attached hydrogens (primary N) is 5. The summed E-state index contributed by atoms with van der Waals surface area (Å²) < 4.78 is 19.0. The number of carbonyl (C=O) groups excluding carboxylic acids is 4. The molecule has 1 fully saturated rings. The number of imidazole rings is 1. The normalized spacial score (nSPS) is 18.0. The summed E-state index contributed by atoms with van der Waals surface area (Å²) in [5.41, 5.74) is 33.5. The topological polar surface area (TPSA) is 735 Å². The number of anilines is 7. The van der Waals surface area contributed by atoms with Gasteiger partial charge in [0.2, 0.25) is 24.0 Å². The Labute approximate surface area is 800 Å². The molecule has 2 bridgehead atoms.